The van der Waals surface area contributed by atoms with E-state index >= 15 is 0 Å². The zero-order valence-corrected chi connectivity index (χ0v) is 25.2. The number of ether oxygens (including phenoxy) is 1. The summed E-state index contributed by atoms with van der Waals surface area (Å²) in [6.07, 6.45) is 9.19. The summed E-state index contributed by atoms with van der Waals surface area (Å²) in [6.45, 7) is 10.3. The number of unbranched alkanes of at least 4 members (excludes halogenated alkanes) is 4. The van der Waals surface area contributed by atoms with Gasteiger partial charge in [0.1, 0.15) is 21.8 Å². The summed E-state index contributed by atoms with van der Waals surface area (Å²) in [4.78, 5) is 43.4. The van der Waals surface area contributed by atoms with Crippen LogP contribution in [0.4, 0.5) is 5.82 Å². The molecule has 0 unspecified atom stereocenters. The van der Waals surface area contributed by atoms with E-state index < -0.39 is 0 Å². The summed E-state index contributed by atoms with van der Waals surface area (Å²) in [6, 6.07) is 2.10. The van der Waals surface area contributed by atoms with Crippen molar-refractivity contribution in [1.29, 1.82) is 5.26 Å². The number of hydrogen-bond donors (Lipinski definition) is 0. The maximum Gasteiger partial charge on any atom is 0.309 e. The van der Waals surface area contributed by atoms with Crippen LogP contribution in [0.25, 0.3) is 6.08 Å². The lowest BCUT2D eigenvalue weighted by molar-refractivity contribution is -0.148. The number of carbonyl (C=O) groups excluding carboxylic acids is 2. The SMILES string of the molecule is CCCCCCCN1C(=O)/C(=C\c2c(C)c(C#N)c(=O)n(CCC)c2N2CCC(C(=O)OCC)CC2)SC1=S. The third-order valence-electron chi connectivity index (χ3n) is 7.34. The second-order valence-corrected chi connectivity index (χ2v) is 11.7. The van der Waals surface area contributed by atoms with Crippen LogP contribution in [0.2, 0.25) is 0 Å². The Bertz CT molecular complexity index is 1210. The topological polar surface area (TPSA) is 95.6 Å². The van der Waals surface area contributed by atoms with Gasteiger partial charge in [-0.2, -0.15) is 5.26 Å². The zero-order chi connectivity index (χ0) is 28.5. The fourth-order valence-electron chi connectivity index (χ4n) is 5.20. The number of pyridine rings is 1. The van der Waals surface area contributed by atoms with E-state index in [0.717, 1.165) is 25.7 Å². The van der Waals surface area contributed by atoms with Gasteiger partial charge in [0, 0.05) is 31.7 Å². The molecule has 212 valence electrons. The third kappa shape index (κ3) is 7.12. The average molecular weight is 573 g/mol. The van der Waals surface area contributed by atoms with Crippen LogP contribution in [0.15, 0.2) is 9.70 Å². The highest BCUT2D eigenvalue weighted by molar-refractivity contribution is 8.26. The molecule has 2 aliphatic heterocycles. The number of hydrogen-bond acceptors (Lipinski definition) is 8. The third-order valence-corrected chi connectivity index (χ3v) is 8.72. The van der Waals surface area contributed by atoms with Crippen LogP contribution in [0.3, 0.4) is 0 Å². The first-order valence-electron chi connectivity index (χ1n) is 14.1. The molecule has 1 amide bonds. The molecule has 1 aromatic heterocycles. The van der Waals surface area contributed by atoms with Crippen molar-refractivity contribution in [3.05, 3.63) is 31.9 Å². The summed E-state index contributed by atoms with van der Waals surface area (Å²) in [5.74, 6) is 0.214. The minimum atomic E-state index is -0.323. The van der Waals surface area contributed by atoms with Crippen molar-refractivity contribution < 1.29 is 14.3 Å². The molecule has 3 heterocycles. The summed E-state index contributed by atoms with van der Waals surface area (Å²) in [5, 5.41) is 9.87. The van der Waals surface area contributed by atoms with Crippen LogP contribution >= 0.6 is 24.0 Å². The molecule has 8 nitrogen and oxygen atoms in total. The van der Waals surface area contributed by atoms with Crippen molar-refractivity contribution >= 4 is 52.1 Å². The van der Waals surface area contributed by atoms with E-state index in [4.69, 9.17) is 17.0 Å². The monoisotopic (exact) mass is 572 g/mol. The number of aromatic nitrogens is 1. The maximum atomic E-state index is 13.4. The van der Waals surface area contributed by atoms with Crippen molar-refractivity contribution in [3.63, 3.8) is 0 Å². The number of thioether (sulfide) groups is 1. The van der Waals surface area contributed by atoms with E-state index in [-0.39, 0.29) is 28.9 Å². The Kier molecular flexibility index (Phi) is 11.6. The highest BCUT2D eigenvalue weighted by atomic mass is 32.2. The fraction of sp³-hybridized carbons (Fsp3) is 0.621. The Morgan fingerprint density at radius 2 is 1.79 bits per heavy atom. The number of carbonyl (C=O) groups is 2. The molecule has 39 heavy (non-hydrogen) atoms. The second-order valence-electron chi connectivity index (χ2n) is 10.1. The van der Waals surface area contributed by atoms with Gasteiger partial charge in [0.15, 0.2) is 0 Å². The summed E-state index contributed by atoms with van der Waals surface area (Å²) in [5.41, 5.74) is 1.02. The zero-order valence-electron chi connectivity index (χ0n) is 23.6. The van der Waals surface area contributed by atoms with Gasteiger partial charge in [0.25, 0.3) is 11.5 Å². The highest BCUT2D eigenvalue weighted by Gasteiger charge is 2.34. The summed E-state index contributed by atoms with van der Waals surface area (Å²) in [7, 11) is 0. The predicted octanol–water partition coefficient (Wildman–Crippen LogP) is 5.39. The molecule has 0 aliphatic carbocycles. The van der Waals surface area contributed by atoms with Crippen molar-refractivity contribution in [3.8, 4) is 6.07 Å². The van der Waals surface area contributed by atoms with E-state index in [1.165, 1.54) is 18.2 Å². The molecule has 1 aromatic rings. The summed E-state index contributed by atoms with van der Waals surface area (Å²) < 4.78 is 7.43. The van der Waals surface area contributed by atoms with Crippen LogP contribution in [-0.2, 0) is 20.9 Å². The van der Waals surface area contributed by atoms with Gasteiger partial charge in [-0.1, -0.05) is 63.5 Å². The Hall–Kier alpha value is -2.64. The molecule has 0 aromatic carbocycles. The van der Waals surface area contributed by atoms with Crippen molar-refractivity contribution in [2.75, 3.05) is 31.1 Å². The number of rotatable bonds is 12. The van der Waals surface area contributed by atoms with Crippen molar-refractivity contribution in [2.45, 2.75) is 85.6 Å². The van der Waals surface area contributed by atoms with E-state index in [9.17, 15) is 19.6 Å². The maximum absolute atomic E-state index is 13.4. The van der Waals surface area contributed by atoms with Crippen LogP contribution in [-0.4, -0.2) is 51.9 Å². The summed E-state index contributed by atoms with van der Waals surface area (Å²) >= 11 is 6.84. The van der Waals surface area contributed by atoms with Crippen LogP contribution in [0.1, 0.15) is 88.8 Å². The molecule has 2 saturated heterocycles. The lowest BCUT2D eigenvalue weighted by Gasteiger charge is -2.35. The number of nitrogens with zero attached hydrogens (tertiary/aromatic N) is 4. The number of thiocarbonyl (C=S) groups is 1. The van der Waals surface area contributed by atoms with Gasteiger partial charge in [-0.15, -0.1) is 0 Å². The first-order valence-corrected chi connectivity index (χ1v) is 15.4. The molecule has 2 fully saturated rings. The van der Waals surface area contributed by atoms with E-state index in [1.54, 1.807) is 23.3 Å². The largest absolute Gasteiger partial charge is 0.466 e. The van der Waals surface area contributed by atoms with E-state index in [1.807, 2.05) is 13.0 Å². The van der Waals surface area contributed by atoms with Crippen molar-refractivity contribution in [1.82, 2.24) is 9.47 Å². The molecule has 0 bridgehead atoms. The standard InChI is InChI=1S/C29H40N4O4S2/c1-5-8-9-10-11-15-33-27(35)24(39-29(33)38)18-22-20(4)23(19-30)26(34)32(14-6-2)25(22)31-16-12-21(13-17-31)28(36)37-7-3/h18,21H,5-17H2,1-4H3/b24-18+. The van der Waals surface area contributed by atoms with Crippen LogP contribution in [0.5, 0.6) is 0 Å². The van der Waals surface area contributed by atoms with E-state index in [2.05, 4.69) is 17.9 Å². The Balaban J connectivity index is 1.99. The quantitative estimate of drug-likeness (QED) is 0.142. The van der Waals surface area contributed by atoms with E-state index in [0.29, 0.717) is 78.2 Å². The molecule has 2 aliphatic rings. The number of esters is 1. The van der Waals surface area contributed by atoms with Crippen LogP contribution < -0.4 is 10.5 Å². The minimum Gasteiger partial charge on any atom is -0.466 e. The first-order chi connectivity index (χ1) is 18.8. The van der Waals surface area contributed by atoms with Gasteiger partial charge < -0.3 is 9.64 Å². The predicted molar refractivity (Wildman–Crippen MR) is 161 cm³/mol. The molecule has 0 N–H and O–H groups in total. The number of piperidine rings is 1. The van der Waals surface area contributed by atoms with Gasteiger partial charge >= 0.3 is 5.97 Å². The van der Waals surface area contributed by atoms with Gasteiger partial charge in [-0.3, -0.25) is 23.9 Å². The van der Waals surface area contributed by atoms with Crippen LogP contribution in [0, 0.1) is 24.2 Å². The van der Waals surface area contributed by atoms with Gasteiger partial charge in [-0.25, -0.2) is 0 Å². The Morgan fingerprint density at radius 3 is 2.41 bits per heavy atom. The lowest BCUT2D eigenvalue weighted by atomic mass is 9.95. The fourth-order valence-corrected chi connectivity index (χ4v) is 6.49. The molecule has 0 spiro atoms. The molecular weight excluding hydrogens is 532 g/mol. The molecule has 0 atom stereocenters. The van der Waals surface area contributed by atoms with Gasteiger partial charge in [-0.05, 0) is 51.2 Å². The second kappa shape index (κ2) is 14.7. The highest BCUT2D eigenvalue weighted by Crippen LogP contribution is 2.37. The normalized spacial score (nSPS) is 17.3. The first kappa shape index (κ1) is 30.9. The van der Waals surface area contributed by atoms with Gasteiger partial charge in [0.05, 0.1) is 17.4 Å². The lowest BCUT2D eigenvalue weighted by Crippen LogP contribution is -2.41. The smallest absolute Gasteiger partial charge is 0.309 e. The molecule has 3 rings (SSSR count). The Labute approximate surface area is 241 Å². The number of nitriles is 1. The molecule has 10 heteroatoms. The molecular formula is C29H40N4O4S2. The molecule has 0 radical (unpaired) electrons. The number of amides is 1. The number of anilines is 1. The molecule has 0 saturated carbocycles. The Morgan fingerprint density at radius 1 is 1.10 bits per heavy atom. The van der Waals surface area contributed by atoms with Gasteiger partial charge in [0.2, 0.25) is 0 Å². The minimum absolute atomic E-state index is 0.0891. The average Bonchev–Trinajstić information content (AvgIpc) is 3.19. The van der Waals surface area contributed by atoms with Crippen molar-refractivity contribution in [2.24, 2.45) is 5.92 Å².